The number of esters is 1. The highest BCUT2D eigenvalue weighted by atomic mass is 19.4. The summed E-state index contributed by atoms with van der Waals surface area (Å²) in [7, 11) is 0. The second-order valence-electron chi connectivity index (χ2n) is 7.94. The molecule has 0 aromatic heterocycles. The molecule has 0 aliphatic carbocycles. The largest absolute Gasteiger partial charge is 0.459 e. The molecule has 2 aromatic rings. The number of aliphatic hydroxyl groups is 1. The van der Waals surface area contributed by atoms with Gasteiger partial charge in [-0.15, -0.1) is 0 Å². The smallest absolute Gasteiger partial charge is 0.416 e. The molecule has 1 aliphatic heterocycles. The Kier molecular flexibility index (Phi) is 7.16. The van der Waals surface area contributed by atoms with Gasteiger partial charge < -0.3 is 9.84 Å². The summed E-state index contributed by atoms with van der Waals surface area (Å²) in [6.07, 6.45) is -11.3. The van der Waals surface area contributed by atoms with Gasteiger partial charge in [-0.1, -0.05) is 24.3 Å². The molecule has 4 nitrogen and oxygen atoms in total. The lowest BCUT2D eigenvalue weighted by Gasteiger charge is -2.24. The molecule has 0 amide bonds. The molecular formula is C23H20F6O4. The van der Waals surface area contributed by atoms with Gasteiger partial charge in [-0.2, -0.15) is 26.3 Å². The Labute approximate surface area is 185 Å². The number of carbonyl (C=O) groups excluding carboxylic acids is 2. The molecular weight excluding hydrogens is 454 g/mol. The summed E-state index contributed by atoms with van der Waals surface area (Å²) in [6.45, 7) is 0. The number of ketones is 1. The third-order valence-corrected chi connectivity index (χ3v) is 5.55. The van der Waals surface area contributed by atoms with Crippen molar-refractivity contribution in [2.75, 3.05) is 0 Å². The van der Waals surface area contributed by atoms with Gasteiger partial charge in [-0.05, 0) is 48.6 Å². The Hall–Kier alpha value is -2.88. The van der Waals surface area contributed by atoms with Crippen LogP contribution in [0.25, 0.3) is 0 Å². The predicted molar refractivity (Wildman–Crippen MR) is 104 cm³/mol. The molecule has 3 rings (SSSR count). The van der Waals surface area contributed by atoms with Crippen LogP contribution < -0.4 is 0 Å². The summed E-state index contributed by atoms with van der Waals surface area (Å²) in [6, 6.07) is 7.58. The van der Waals surface area contributed by atoms with E-state index in [0.717, 1.165) is 48.5 Å². The highest BCUT2D eigenvalue weighted by molar-refractivity contribution is 5.96. The molecule has 1 saturated heterocycles. The van der Waals surface area contributed by atoms with Crippen LogP contribution in [0.5, 0.6) is 0 Å². The minimum Gasteiger partial charge on any atom is -0.459 e. The molecule has 1 fully saturated rings. The summed E-state index contributed by atoms with van der Waals surface area (Å²) in [5, 5.41) is 10.6. The van der Waals surface area contributed by atoms with Crippen molar-refractivity contribution in [3.05, 3.63) is 70.8 Å². The van der Waals surface area contributed by atoms with Crippen molar-refractivity contribution in [3.8, 4) is 0 Å². The summed E-state index contributed by atoms with van der Waals surface area (Å²) < 4.78 is 81.6. The van der Waals surface area contributed by atoms with E-state index in [1.54, 1.807) is 0 Å². The zero-order valence-electron chi connectivity index (χ0n) is 17.1. The first-order valence-corrected chi connectivity index (χ1v) is 10.1. The predicted octanol–water partition coefficient (Wildman–Crippen LogP) is 5.74. The van der Waals surface area contributed by atoms with E-state index in [4.69, 9.17) is 4.74 Å². The number of carbonyl (C=O) groups is 2. The molecule has 0 bridgehead atoms. The minimum absolute atomic E-state index is 0.0266. The van der Waals surface area contributed by atoms with Crippen LogP contribution in [0.15, 0.2) is 48.5 Å². The standard InChI is InChI=1S/C23H20F6O4/c24-22(25,26)16-6-2-14(3-7-16)18(30)11-13-1-10-20(31)33-19(12-13)21(32)15-4-8-17(9-5-15)23(27,28)29/h2-9,13,19,21,32H,1,10-12H2/t13-,19+,21+/m1/s1. The normalized spacial score (nSPS) is 20.6. The molecule has 10 heteroatoms. The van der Waals surface area contributed by atoms with E-state index in [1.807, 2.05) is 0 Å². The molecule has 0 saturated carbocycles. The maximum absolute atomic E-state index is 12.8. The molecule has 0 radical (unpaired) electrons. The Balaban J connectivity index is 1.70. The van der Waals surface area contributed by atoms with Crippen LogP contribution >= 0.6 is 0 Å². The van der Waals surface area contributed by atoms with E-state index in [0.29, 0.717) is 0 Å². The molecule has 2 aromatic carbocycles. The molecule has 0 spiro atoms. The first kappa shape index (κ1) is 24.8. The molecule has 178 valence electrons. The highest BCUT2D eigenvalue weighted by Gasteiger charge is 2.34. The van der Waals surface area contributed by atoms with Gasteiger partial charge in [-0.3, -0.25) is 9.59 Å². The summed E-state index contributed by atoms with van der Waals surface area (Å²) in [4.78, 5) is 24.5. The average molecular weight is 474 g/mol. The van der Waals surface area contributed by atoms with Crippen molar-refractivity contribution < 1.29 is 45.8 Å². The second kappa shape index (κ2) is 9.54. The molecule has 3 atom stereocenters. The monoisotopic (exact) mass is 474 g/mol. The molecule has 0 unspecified atom stereocenters. The third-order valence-electron chi connectivity index (χ3n) is 5.55. The molecule has 33 heavy (non-hydrogen) atoms. The molecule has 1 aliphatic rings. The van der Waals surface area contributed by atoms with Crippen LogP contribution in [0.2, 0.25) is 0 Å². The van der Waals surface area contributed by atoms with Gasteiger partial charge in [0, 0.05) is 18.4 Å². The Morgan fingerprint density at radius 1 is 0.939 bits per heavy atom. The van der Waals surface area contributed by atoms with Crippen molar-refractivity contribution >= 4 is 11.8 Å². The fourth-order valence-electron chi connectivity index (χ4n) is 3.73. The quantitative estimate of drug-likeness (QED) is 0.341. The first-order valence-electron chi connectivity index (χ1n) is 10.1. The number of Topliss-reactive ketones (excluding diaryl/α,β-unsaturated/α-hetero) is 1. The second-order valence-corrected chi connectivity index (χ2v) is 7.94. The maximum atomic E-state index is 12.8. The lowest BCUT2D eigenvalue weighted by Crippen LogP contribution is -2.26. The van der Waals surface area contributed by atoms with Crippen molar-refractivity contribution in [3.63, 3.8) is 0 Å². The van der Waals surface area contributed by atoms with E-state index < -0.39 is 53.4 Å². The first-order chi connectivity index (χ1) is 15.3. The number of alkyl halides is 6. The lowest BCUT2D eigenvalue weighted by molar-refractivity contribution is -0.154. The summed E-state index contributed by atoms with van der Waals surface area (Å²) in [5.41, 5.74) is -1.57. The van der Waals surface area contributed by atoms with Crippen molar-refractivity contribution in [2.24, 2.45) is 5.92 Å². The fourth-order valence-corrected chi connectivity index (χ4v) is 3.73. The number of ether oxygens (including phenoxy) is 1. The van der Waals surface area contributed by atoms with E-state index in [2.05, 4.69) is 0 Å². The SMILES string of the molecule is O=C1CC[C@H](CC(=O)c2ccc(C(F)(F)F)cc2)C[C@@H]([C@@H](O)c2ccc(C(F)(F)F)cc2)O1. The fraction of sp³-hybridized carbons (Fsp3) is 0.391. The van der Waals surface area contributed by atoms with Gasteiger partial charge in [0.1, 0.15) is 12.2 Å². The van der Waals surface area contributed by atoms with Gasteiger partial charge in [0.2, 0.25) is 0 Å². The number of hydrogen-bond acceptors (Lipinski definition) is 4. The van der Waals surface area contributed by atoms with Crippen LogP contribution in [-0.4, -0.2) is 23.0 Å². The van der Waals surface area contributed by atoms with Gasteiger partial charge in [0.05, 0.1) is 11.1 Å². The van der Waals surface area contributed by atoms with Gasteiger partial charge >= 0.3 is 18.3 Å². The van der Waals surface area contributed by atoms with Gasteiger partial charge in [-0.25, -0.2) is 0 Å². The van der Waals surface area contributed by atoms with E-state index >= 15 is 0 Å². The Morgan fingerprint density at radius 2 is 1.45 bits per heavy atom. The van der Waals surface area contributed by atoms with E-state index in [-0.39, 0.29) is 36.8 Å². The van der Waals surface area contributed by atoms with Crippen LogP contribution in [0, 0.1) is 5.92 Å². The molecule has 1 N–H and O–H groups in total. The van der Waals surface area contributed by atoms with Gasteiger partial charge in [0.25, 0.3) is 0 Å². The van der Waals surface area contributed by atoms with Crippen LogP contribution in [-0.2, 0) is 21.9 Å². The van der Waals surface area contributed by atoms with E-state index in [1.165, 1.54) is 0 Å². The minimum atomic E-state index is -4.54. The average Bonchev–Trinajstić information content (AvgIpc) is 2.93. The number of hydrogen-bond donors (Lipinski definition) is 1. The summed E-state index contributed by atoms with van der Waals surface area (Å²) in [5.74, 6) is -1.46. The Bertz CT molecular complexity index is 980. The Morgan fingerprint density at radius 3 is 1.97 bits per heavy atom. The van der Waals surface area contributed by atoms with Crippen LogP contribution in [0.3, 0.4) is 0 Å². The topological polar surface area (TPSA) is 63.6 Å². The highest BCUT2D eigenvalue weighted by Crippen LogP contribution is 2.34. The van der Waals surface area contributed by atoms with E-state index in [9.17, 15) is 41.0 Å². The van der Waals surface area contributed by atoms with Crippen molar-refractivity contribution in [1.82, 2.24) is 0 Å². The van der Waals surface area contributed by atoms with Crippen LogP contribution in [0.4, 0.5) is 26.3 Å². The van der Waals surface area contributed by atoms with Crippen LogP contribution in [0.1, 0.15) is 58.8 Å². The number of aliphatic hydroxyl groups excluding tert-OH is 1. The number of cyclic esters (lactones) is 1. The zero-order chi connectivity index (χ0) is 24.4. The van der Waals surface area contributed by atoms with Crippen molar-refractivity contribution in [1.29, 1.82) is 0 Å². The number of rotatable bonds is 5. The maximum Gasteiger partial charge on any atom is 0.416 e. The third kappa shape index (κ3) is 6.34. The zero-order valence-corrected chi connectivity index (χ0v) is 17.1. The summed E-state index contributed by atoms with van der Waals surface area (Å²) >= 11 is 0. The molecule has 1 heterocycles. The number of halogens is 6. The van der Waals surface area contributed by atoms with Gasteiger partial charge in [0.15, 0.2) is 5.78 Å². The number of benzene rings is 2. The lowest BCUT2D eigenvalue weighted by atomic mass is 9.87. The van der Waals surface area contributed by atoms with Crippen molar-refractivity contribution in [2.45, 2.75) is 50.2 Å².